The summed E-state index contributed by atoms with van der Waals surface area (Å²) in [7, 11) is 1.75. The summed E-state index contributed by atoms with van der Waals surface area (Å²) < 4.78 is 6.56. The van der Waals surface area contributed by atoms with E-state index >= 15 is 0 Å². The lowest BCUT2D eigenvalue weighted by Crippen LogP contribution is -2.38. The molecule has 1 aromatic rings. The van der Waals surface area contributed by atoms with Gasteiger partial charge in [-0.2, -0.15) is 0 Å². The molecule has 0 aliphatic heterocycles. The maximum Gasteiger partial charge on any atom is 0.162 e. The van der Waals surface area contributed by atoms with Gasteiger partial charge in [-0.15, -0.1) is 0 Å². The highest BCUT2D eigenvalue weighted by molar-refractivity contribution is 9.10. The zero-order valence-corrected chi connectivity index (χ0v) is 12.9. The van der Waals surface area contributed by atoms with Crippen LogP contribution in [0.2, 0.25) is 0 Å². The number of nitrogens with zero attached hydrogens (tertiary/aromatic N) is 2. The molecule has 0 saturated heterocycles. The molecular weight excluding hydrogens is 306 g/mol. The van der Waals surface area contributed by atoms with E-state index in [-0.39, 0.29) is 5.60 Å². The zero-order chi connectivity index (χ0) is 13.5. The molecule has 2 aliphatic carbocycles. The number of nitrogens with two attached hydrogens (primary N) is 1. The van der Waals surface area contributed by atoms with E-state index < -0.39 is 0 Å². The van der Waals surface area contributed by atoms with Crippen molar-refractivity contribution in [2.75, 3.05) is 12.8 Å². The summed E-state index contributed by atoms with van der Waals surface area (Å²) in [6.07, 6.45) is 8.13. The Bertz CT molecular complexity index is 476. The monoisotopic (exact) mass is 325 g/mol. The summed E-state index contributed by atoms with van der Waals surface area (Å²) in [6, 6.07) is 0. The van der Waals surface area contributed by atoms with Gasteiger partial charge >= 0.3 is 0 Å². The van der Waals surface area contributed by atoms with Gasteiger partial charge in [0.1, 0.15) is 11.4 Å². The van der Waals surface area contributed by atoms with Gasteiger partial charge in [-0.25, -0.2) is 9.97 Å². The Morgan fingerprint density at radius 1 is 1.21 bits per heavy atom. The summed E-state index contributed by atoms with van der Waals surface area (Å²) in [6.45, 7) is 0. The van der Waals surface area contributed by atoms with Crippen LogP contribution in [-0.2, 0) is 10.3 Å². The third kappa shape index (κ3) is 2.17. The van der Waals surface area contributed by atoms with E-state index in [9.17, 15) is 0 Å². The SMILES string of the molecule is COC1(c2nc(N)c(Br)c(C3CCCC3)n2)CCC1. The molecule has 0 atom stereocenters. The van der Waals surface area contributed by atoms with Crippen LogP contribution in [0.1, 0.15) is 62.4 Å². The maximum absolute atomic E-state index is 6.07. The van der Waals surface area contributed by atoms with Crippen molar-refractivity contribution in [1.82, 2.24) is 9.97 Å². The molecule has 2 N–H and O–H groups in total. The van der Waals surface area contributed by atoms with Crippen LogP contribution in [0.15, 0.2) is 4.47 Å². The van der Waals surface area contributed by atoms with E-state index in [0.717, 1.165) is 28.8 Å². The third-order valence-electron chi connectivity index (χ3n) is 4.60. The van der Waals surface area contributed by atoms with Crippen LogP contribution >= 0.6 is 15.9 Å². The second-order valence-corrected chi connectivity index (χ2v) is 6.46. The van der Waals surface area contributed by atoms with Crippen molar-refractivity contribution in [1.29, 1.82) is 0 Å². The van der Waals surface area contributed by atoms with E-state index in [1.54, 1.807) is 7.11 Å². The summed E-state index contributed by atoms with van der Waals surface area (Å²) in [5, 5.41) is 0. The van der Waals surface area contributed by atoms with Crippen molar-refractivity contribution in [3.05, 3.63) is 16.0 Å². The minimum atomic E-state index is -0.290. The minimum Gasteiger partial charge on any atom is -0.383 e. The number of ether oxygens (including phenoxy) is 1. The smallest absolute Gasteiger partial charge is 0.162 e. The average molecular weight is 326 g/mol. The number of hydrogen-bond acceptors (Lipinski definition) is 4. The maximum atomic E-state index is 6.07. The van der Waals surface area contributed by atoms with Gasteiger partial charge in [0.2, 0.25) is 0 Å². The first-order chi connectivity index (χ1) is 9.16. The van der Waals surface area contributed by atoms with Gasteiger partial charge in [0, 0.05) is 13.0 Å². The van der Waals surface area contributed by atoms with Crippen molar-refractivity contribution in [3.63, 3.8) is 0 Å². The zero-order valence-electron chi connectivity index (χ0n) is 11.3. The van der Waals surface area contributed by atoms with Gasteiger partial charge in [0.25, 0.3) is 0 Å². The second-order valence-electron chi connectivity index (χ2n) is 5.67. The molecule has 2 aliphatic rings. The van der Waals surface area contributed by atoms with Gasteiger partial charge < -0.3 is 10.5 Å². The lowest BCUT2D eigenvalue weighted by molar-refractivity contribution is -0.0847. The predicted octanol–water partition coefficient (Wildman–Crippen LogP) is 3.50. The van der Waals surface area contributed by atoms with Crippen LogP contribution in [-0.4, -0.2) is 17.1 Å². The number of aromatic nitrogens is 2. The average Bonchev–Trinajstić information content (AvgIpc) is 2.86. The Morgan fingerprint density at radius 3 is 2.42 bits per heavy atom. The molecule has 0 amide bonds. The molecule has 0 aromatic carbocycles. The largest absolute Gasteiger partial charge is 0.383 e. The Labute approximate surface area is 122 Å². The molecule has 0 spiro atoms. The third-order valence-corrected chi connectivity index (χ3v) is 5.42. The first-order valence-electron chi connectivity index (χ1n) is 7.05. The Hall–Kier alpha value is -0.680. The molecular formula is C14H20BrN3O. The van der Waals surface area contributed by atoms with Crippen molar-refractivity contribution < 1.29 is 4.74 Å². The summed E-state index contributed by atoms with van der Waals surface area (Å²) in [5.41, 5.74) is 6.86. The van der Waals surface area contributed by atoms with Crippen molar-refractivity contribution in [2.24, 2.45) is 0 Å². The highest BCUT2D eigenvalue weighted by Gasteiger charge is 2.42. The van der Waals surface area contributed by atoms with Gasteiger partial charge in [-0.3, -0.25) is 0 Å². The first kappa shape index (κ1) is 13.3. The minimum absolute atomic E-state index is 0.290. The van der Waals surface area contributed by atoms with Gasteiger partial charge in [-0.05, 0) is 48.0 Å². The van der Waals surface area contributed by atoms with E-state index in [0.29, 0.717) is 11.7 Å². The standard InChI is InChI=1S/C14H20BrN3O/c1-19-14(7-4-8-14)13-17-11(9-5-2-3-6-9)10(15)12(16)18-13/h9H,2-8H2,1H3,(H2,16,17,18). The Balaban J connectivity index is 2.02. The summed E-state index contributed by atoms with van der Waals surface area (Å²) in [5.74, 6) is 1.85. The van der Waals surface area contributed by atoms with Gasteiger partial charge in [0.15, 0.2) is 5.82 Å². The van der Waals surface area contributed by atoms with Gasteiger partial charge in [-0.1, -0.05) is 12.8 Å². The molecule has 2 fully saturated rings. The van der Waals surface area contributed by atoms with Crippen molar-refractivity contribution >= 4 is 21.7 Å². The number of hydrogen-bond donors (Lipinski definition) is 1. The number of halogens is 1. The van der Waals surface area contributed by atoms with Crippen molar-refractivity contribution in [2.45, 2.75) is 56.5 Å². The van der Waals surface area contributed by atoms with Gasteiger partial charge in [0.05, 0.1) is 10.2 Å². The molecule has 4 nitrogen and oxygen atoms in total. The fourth-order valence-corrected chi connectivity index (χ4v) is 3.67. The molecule has 104 valence electrons. The van der Waals surface area contributed by atoms with Crippen LogP contribution in [0, 0.1) is 0 Å². The number of rotatable bonds is 3. The molecule has 19 heavy (non-hydrogen) atoms. The molecule has 2 saturated carbocycles. The molecule has 1 heterocycles. The molecule has 3 rings (SSSR count). The molecule has 1 aromatic heterocycles. The van der Waals surface area contributed by atoms with Crippen LogP contribution in [0.25, 0.3) is 0 Å². The molecule has 0 radical (unpaired) electrons. The van der Waals surface area contributed by atoms with E-state index in [1.165, 1.54) is 32.1 Å². The van der Waals surface area contributed by atoms with Crippen LogP contribution in [0.4, 0.5) is 5.82 Å². The molecule has 0 bridgehead atoms. The quantitative estimate of drug-likeness (QED) is 0.923. The number of methoxy groups -OCH3 is 1. The first-order valence-corrected chi connectivity index (χ1v) is 7.84. The molecule has 0 unspecified atom stereocenters. The Morgan fingerprint density at radius 2 is 1.89 bits per heavy atom. The predicted molar refractivity (Wildman–Crippen MR) is 77.9 cm³/mol. The summed E-state index contributed by atoms with van der Waals surface area (Å²) in [4.78, 5) is 9.28. The summed E-state index contributed by atoms with van der Waals surface area (Å²) >= 11 is 3.56. The van der Waals surface area contributed by atoms with Crippen LogP contribution in [0.3, 0.4) is 0 Å². The Kier molecular flexibility index (Phi) is 3.52. The number of anilines is 1. The molecule has 5 heteroatoms. The highest BCUT2D eigenvalue weighted by atomic mass is 79.9. The van der Waals surface area contributed by atoms with Crippen LogP contribution in [0.5, 0.6) is 0 Å². The van der Waals surface area contributed by atoms with E-state index in [1.807, 2.05) is 0 Å². The van der Waals surface area contributed by atoms with E-state index in [2.05, 4.69) is 20.9 Å². The normalized spacial score (nSPS) is 22.4. The van der Waals surface area contributed by atoms with Crippen molar-refractivity contribution in [3.8, 4) is 0 Å². The number of nitrogen functional groups attached to an aromatic ring is 1. The lowest BCUT2D eigenvalue weighted by atomic mass is 9.79. The lowest BCUT2D eigenvalue weighted by Gasteiger charge is -2.39. The fourth-order valence-electron chi connectivity index (χ4n) is 3.17. The van der Waals surface area contributed by atoms with Crippen LogP contribution < -0.4 is 5.73 Å². The topological polar surface area (TPSA) is 61.0 Å². The highest BCUT2D eigenvalue weighted by Crippen LogP contribution is 2.45. The fraction of sp³-hybridized carbons (Fsp3) is 0.714. The second kappa shape index (κ2) is 5.02. The van der Waals surface area contributed by atoms with E-state index in [4.69, 9.17) is 15.5 Å².